The maximum Gasteiger partial charge on any atom is 0.225 e. The van der Waals surface area contributed by atoms with E-state index in [2.05, 4.69) is 29.6 Å². The van der Waals surface area contributed by atoms with E-state index in [0.29, 0.717) is 5.91 Å². The topological polar surface area (TPSA) is 49.4 Å². The van der Waals surface area contributed by atoms with Crippen LogP contribution in [-0.2, 0) is 15.3 Å². The van der Waals surface area contributed by atoms with Crippen molar-refractivity contribution < 1.29 is 9.59 Å². The summed E-state index contributed by atoms with van der Waals surface area (Å²) >= 11 is 1.84. The first-order valence-electron chi connectivity index (χ1n) is 8.92. The van der Waals surface area contributed by atoms with Crippen molar-refractivity contribution in [2.75, 3.05) is 25.4 Å². The zero-order valence-electron chi connectivity index (χ0n) is 14.1. The molecule has 1 saturated carbocycles. The fraction of sp³-hybridized carbons (Fsp3) is 0.579. The van der Waals surface area contributed by atoms with E-state index < -0.39 is 0 Å². The largest absolute Gasteiger partial charge is 0.355 e. The molecule has 1 heterocycles. The number of piperidine rings is 1. The van der Waals surface area contributed by atoms with E-state index in [1.807, 2.05) is 22.7 Å². The fourth-order valence-electron chi connectivity index (χ4n) is 3.11. The Bertz CT molecular complexity index is 552. The Morgan fingerprint density at radius 1 is 1.04 bits per heavy atom. The molecular weight excluding hydrogens is 320 g/mol. The van der Waals surface area contributed by atoms with E-state index in [1.165, 1.54) is 5.56 Å². The highest BCUT2D eigenvalue weighted by molar-refractivity contribution is 7.98. The SMILES string of the molecule is O=C(NCCSCc1ccccc1)C1CCN(C(=O)C2CC2)CC1. The van der Waals surface area contributed by atoms with Crippen LogP contribution in [0, 0.1) is 11.8 Å². The highest BCUT2D eigenvalue weighted by atomic mass is 32.2. The van der Waals surface area contributed by atoms with Crippen LogP contribution in [0.3, 0.4) is 0 Å². The summed E-state index contributed by atoms with van der Waals surface area (Å²) in [4.78, 5) is 26.2. The number of hydrogen-bond donors (Lipinski definition) is 1. The van der Waals surface area contributed by atoms with E-state index in [9.17, 15) is 9.59 Å². The fourth-order valence-corrected chi connectivity index (χ4v) is 3.92. The van der Waals surface area contributed by atoms with E-state index in [1.54, 1.807) is 0 Å². The molecule has 1 aromatic carbocycles. The number of carbonyl (C=O) groups excluding carboxylic acids is 2. The summed E-state index contributed by atoms with van der Waals surface area (Å²) < 4.78 is 0. The first-order chi connectivity index (χ1) is 11.7. The molecule has 0 unspecified atom stereocenters. The monoisotopic (exact) mass is 346 g/mol. The lowest BCUT2D eigenvalue weighted by Crippen LogP contribution is -2.43. The van der Waals surface area contributed by atoms with Gasteiger partial charge in [0, 0.05) is 43.0 Å². The van der Waals surface area contributed by atoms with Gasteiger partial charge in [-0.25, -0.2) is 0 Å². The molecular formula is C19H26N2O2S. The van der Waals surface area contributed by atoms with Crippen molar-refractivity contribution in [1.29, 1.82) is 0 Å². The van der Waals surface area contributed by atoms with Gasteiger partial charge in [-0.05, 0) is 31.2 Å². The van der Waals surface area contributed by atoms with Gasteiger partial charge in [0.2, 0.25) is 11.8 Å². The van der Waals surface area contributed by atoms with Crippen LogP contribution in [0.2, 0.25) is 0 Å². The number of amides is 2. The Morgan fingerprint density at radius 2 is 1.75 bits per heavy atom. The summed E-state index contributed by atoms with van der Waals surface area (Å²) in [5.74, 6) is 2.75. The quantitative estimate of drug-likeness (QED) is 0.772. The number of carbonyl (C=O) groups is 2. The lowest BCUT2D eigenvalue weighted by atomic mass is 9.95. The maximum absolute atomic E-state index is 12.2. The summed E-state index contributed by atoms with van der Waals surface area (Å²) in [6.07, 6.45) is 3.72. The Hall–Kier alpha value is -1.49. The molecule has 0 radical (unpaired) electrons. The van der Waals surface area contributed by atoms with Gasteiger partial charge in [-0.1, -0.05) is 30.3 Å². The zero-order valence-corrected chi connectivity index (χ0v) is 14.9. The van der Waals surface area contributed by atoms with Crippen molar-refractivity contribution in [3.05, 3.63) is 35.9 Å². The van der Waals surface area contributed by atoms with Gasteiger partial charge in [0.05, 0.1) is 0 Å². The maximum atomic E-state index is 12.2. The summed E-state index contributed by atoms with van der Waals surface area (Å²) in [6.45, 7) is 2.21. The minimum atomic E-state index is 0.0763. The Kier molecular flexibility index (Phi) is 6.18. The normalized spacial score (nSPS) is 18.4. The number of nitrogens with one attached hydrogen (secondary N) is 1. The van der Waals surface area contributed by atoms with Crippen LogP contribution in [0.1, 0.15) is 31.2 Å². The molecule has 0 atom stereocenters. The van der Waals surface area contributed by atoms with Gasteiger partial charge >= 0.3 is 0 Å². The second-order valence-corrected chi connectivity index (χ2v) is 7.81. The van der Waals surface area contributed by atoms with Gasteiger partial charge < -0.3 is 10.2 Å². The van der Waals surface area contributed by atoms with Crippen LogP contribution < -0.4 is 5.32 Å². The zero-order chi connectivity index (χ0) is 16.8. The van der Waals surface area contributed by atoms with Crippen LogP contribution in [0.15, 0.2) is 30.3 Å². The average molecular weight is 346 g/mol. The molecule has 1 N–H and O–H groups in total. The van der Waals surface area contributed by atoms with Gasteiger partial charge in [0.15, 0.2) is 0 Å². The third-order valence-corrected chi connectivity index (χ3v) is 5.79. The molecule has 3 rings (SSSR count). The average Bonchev–Trinajstić information content (AvgIpc) is 3.47. The van der Waals surface area contributed by atoms with Crippen molar-refractivity contribution in [3.8, 4) is 0 Å². The van der Waals surface area contributed by atoms with Gasteiger partial charge in [-0.15, -0.1) is 0 Å². The first kappa shape index (κ1) is 17.3. The number of rotatable bonds is 7. The van der Waals surface area contributed by atoms with Gasteiger partial charge in [0.1, 0.15) is 0 Å². The van der Waals surface area contributed by atoms with Crippen molar-refractivity contribution in [2.45, 2.75) is 31.4 Å². The number of nitrogens with zero attached hydrogens (tertiary/aromatic N) is 1. The summed E-state index contributed by atoms with van der Waals surface area (Å²) in [5.41, 5.74) is 1.32. The van der Waals surface area contributed by atoms with Crippen molar-refractivity contribution in [3.63, 3.8) is 0 Å². The molecule has 1 aliphatic heterocycles. The van der Waals surface area contributed by atoms with Crippen LogP contribution >= 0.6 is 11.8 Å². The second kappa shape index (κ2) is 8.56. The predicted molar refractivity (Wildman–Crippen MR) is 97.6 cm³/mol. The van der Waals surface area contributed by atoms with E-state index in [-0.39, 0.29) is 17.7 Å². The standard InChI is InChI=1S/C19H26N2O2S/c22-18(20-10-13-24-14-15-4-2-1-3-5-15)16-8-11-21(12-9-16)19(23)17-6-7-17/h1-5,16-17H,6-14H2,(H,20,22). The lowest BCUT2D eigenvalue weighted by molar-refractivity contribution is -0.136. The molecule has 1 aliphatic carbocycles. The van der Waals surface area contributed by atoms with Gasteiger partial charge in [-0.3, -0.25) is 9.59 Å². The molecule has 2 fully saturated rings. The minimum Gasteiger partial charge on any atom is -0.355 e. The van der Waals surface area contributed by atoms with Crippen LogP contribution in [0.5, 0.6) is 0 Å². The van der Waals surface area contributed by atoms with E-state index in [4.69, 9.17) is 0 Å². The molecule has 0 spiro atoms. The molecule has 5 heteroatoms. The Morgan fingerprint density at radius 3 is 2.42 bits per heavy atom. The summed E-state index contributed by atoms with van der Waals surface area (Å²) in [7, 11) is 0. The van der Waals surface area contributed by atoms with Crippen molar-refractivity contribution in [2.24, 2.45) is 11.8 Å². The van der Waals surface area contributed by atoms with Gasteiger partial charge in [-0.2, -0.15) is 11.8 Å². The molecule has 130 valence electrons. The molecule has 0 aromatic heterocycles. The van der Waals surface area contributed by atoms with E-state index >= 15 is 0 Å². The highest BCUT2D eigenvalue weighted by Crippen LogP contribution is 2.32. The smallest absolute Gasteiger partial charge is 0.225 e. The molecule has 2 amide bonds. The second-order valence-electron chi connectivity index (χ2n) is 6.70. The van der Waals surface area contributed by atoms with Crippen LogP contribution in [-0.4, -0.2) is 42.1 Å². The first-order valence-corrected chi connectivity index (χ1v) is 10.1. The molecule has 4 nitrogen and oxygen atoms in total. The number of benzene rings is 1. The highest BCUT2D eigenvalue weighted by Gasteiger charge is 2.35. The van der Waals surface area contributed by atoms with Gasteiger partial charge in [0.25, 0.3) is 0 Å². The third kappa shape index (κ3) is 5.00. The molecule has 0 bridgehead atoms. The number of hydrogen-bond acceptors (Lipinski definition) is 3. The van der Waals surface area contributed by atoms with Crippen molar-refractivity contribution in [1.82, 2.24) is 10.2 Å². The molecule has 24 heavy (non-hydrogen) atoms. The minimum absolute atomic E-state index is 0.0763. The number of thioether (sulfide) groups is 1. The third-order valence-electron chi connectivity index (χ3n) is 4.76. The Balaban J connectivity index is 1.28. The van der Waals surface area contributed by atoms with Crippen LogP contribution in [0.4, 0.5) is 0 Å². The summed E-state index contributed by atoms with van der Waals surface area (Å²) in [5, 5.41) is 3.05. The van der Waals surface area contributed by atoms with E-state index in [0.717, 1.165) is 56.8 Å². The molecule has 1 saturated heterocycles. The number of likely N-dealkylation sites (tertiary alicyclic amines) is 1. The predicted octanol–water partition coefficient (Wildman–Crippen LogP) is 2.68. The summed E-state index contributed by atoms with van der Waals surface area (Å²) in [6, 6.07) is 10.4. The van der Waals surface area contributed by atoms with Crippen molar-refractivity contribution >= 4 is 23.6 Å². The van der Waals surface area contributed by atoms with Crippen LogP contribution in [0.25, 0.3) is 0 Å². The lowest BCUT2D eigenvalue weighted by Gasteiger charge is -2.31. The Labute approximate surface area is 148 Å². The molecule has 2 aliphatic rings. The molecule has 1 aromatic rings.